The molecule has 2 N–H and O–H groups in total. The smallest absolute Gasteiger partial charge is 0.317 e. The molecule has 0 saturated heterocycles. The van der Waals surface area contributed by atoms with Gasteiger partial charge in [0.1, 0.15) is 11.6 Å². The summed E-state index contributed by atoms with van der Waals surface area (Å²) in [7, 11) is 1.64. The molecule has 2 heterocycles. The summed E-state index contributed by atoms with van der Waals surface area (Å²) in [5.41, 5.74) is 2.32. The highest BCUT2D eigenvalue weighted by Crippen LogP contribution is 2.19. The van der Waals surface area contributed by atoms with Crippen LogP contribution >= 0.6 is 0 Å². The molecule has 29 heavy (non-hydrogen) atoms. The Bertz CT molecular complexity index is 917. The zero-order chi connectivity index (χ0) is 20.2. The molecule has 0 spiro atoms. The lowest BCUT2D eigenvalue weighted by molar-refractivity contribution is 0.184. The van der Waals surface area contributed by atoms with E-state index in [1.54, 1.807) is 12.0 Å². The van der Waals surface area contributed by atoms with Crippen LogP contribution in [0.5, 0.6) is 5.75 Å². The minimum atomic E-state index is -0.145. The van der Waals surface area contributed by atoms with Gasteiger partial charge in [-0.1, -0.05) is 31.4 Å². The van der Waals surface area contributed by atoms with Gasteiger partial charge in [-0.05, 0) is 30.5 Å². The Hall–Kier alpha value is -2.83. The Morgan fingerprint density at radius 3 is 2.72 bits per heavy atom. The fraction of sp³-hybridized carbons (Fsp3) is 0.500. The summed E-state index contributed by atoms with van der Waals surface area (Å²) in [6.45, 7) is 0.906. The summed E-state index contributed by atoms with van der Waals surface area (Å²) in [6, 6.07) is 7.93. The topological polar surface area (TPSA) is 87.3 Å². The molecule has 4 rings (SSSR count). The van der Waals surface area contributed by atoms with Gasteiger partial charge in [0, 0.05) is 25.4 Å². The van der Waals surface area contributed by atoms with Crippen LogP contribution in [-0.2, 0) is 19.4 Å². The van der Waals surface area contributed by atoms with Crippen LogP contribution in [0.1, 0.15) is 54.7 Å². The largest absolute Gasteiger partial charge is 0.497 e. The number of hydrogen-bond acceptors (Lipinski definition) is 4. The van der Waals surface area contributed by atoms with E-state index in [9.17, 15) is 9.59 Å². The number of H-pyrrole nitrogens is 1. The van der Waals surface area contributed by atoms with Gasteiger partial charge >= 0.3 is 6.03 Å². The molecule has 0 unspecified atom stereocenters. The van der Waals surface area contributed by atoms with Crippen LogP contribution in [0, 0.1) is 0 Å². The average Bonchev–Trinajstić information content (AvgIpc) is 2.75. The van der Waals surface area contributed by atoms with Gasteiger partial charge < -0.3 is 19.9 Å². The third-order valence-electron chi connectivity index (χ3n) is 5.87. The van der Waals surface area contributed by atoms with Crippen molar-refractivity contribution in [1.29, 1.82) is 0 Å². The third-order valence-corrected chi connectivity index (χ3v) is 5.87. The molecular weight excluding hydrogens is 368 g/mol. The minimum absolute atomic E-state index is 0.0655. The number of carbonyl (C=O) groups is 1. The molecule has 0 atom stereocenters. The third kappa shape index (κ3) is 4.60. The summed E-state index contributed by atoms with van der Waals surface area (Å²) in [5, 5.41) is 3.14. The van der Waals surface area contributed by atoms with E-state index in [-0.39, 0.29) is 17.6 Å². The number of fused-ring (bicyclic) bond motifs is 1. The molecule has 154 valence electrons. The van der Waals surface area contributed by atoms with Gasteiger partial charge in [-0.15, -0.1) is 0 Å². The van der Waals surface area contributed by atoms with Gasteiger partial charge in [0.05, 0.1) is 24.9 Å². The first-order valence-corrected chi connectivity index (χ1v) is 10.4. The molecule has 7 heteroatoms. The van der Waals surface area contributed by atoms with Crippen LogP contribution in [0.25, 0.3) is 0 Å². The molecule has 1 saturated carbocycles. The number of urea groups is 1. The summed E-state index contributed by atoms with van der Waals surface area (Å²) < 4.78 is 5.18. The SMILES string of the molecule is COc1ccc(Cc2nc3c(c(=O)[nH]2)CN(C(=O)NC2CCCCC2)CC3)cc1. The molecule has 2 aromatic rings. The number of amides is 2. The first kappa shape index (κ1) is 19.5. The highest BCUT2D eigenvalue weighted by atomic mass is 16.5. The maximum absolute atomic E-state index is 12.7. The second-order valence-electron chi connectivity index (χ2n) is 7.92. The number of ether oxygens (including phenoxy) is 1. The Morgan fingerprint density at radius 2 is 2.00 bits per heavy atom. The number of aromatic amines is 1. The fourth-order valence-corrected chi connectivity index (χ4v) is 4.18. The van der Waals surface area contributed by atoms with Crippen LogP contribution in [0.2, 0.25) is 0 Å². The van der Waals surface area contributed by atoms with Crippen molar-refractivity contribution >= 4 is 6.03 Å². The average molecular weight is 396 g/mol. The van der Waals surface area contributed by atoms with Crippen LogP contribution in [0.4, 0.5) is 4.79 Å². The number of hydrogen-bond donors (Lipinski definition) is 2. The van der Waals surface area contributed by atoms with E-state index in [1.165, 1.54) is 19.3 Å². The highest BCUT2D eigenvalue weighted by Gasteiger charge is 2.26. The highest BCUT2D eigenvalue weighted by molar-refractivity contribution is 5.74. The Labute approximate surface area is 170 Å². The molecule has 7 nitrogen and oxygen atoms in total. The summed E-state index contributed by atoms with van der Waals surface area (Å²) >= 11 is 0. The number of methoxy groups -OCH3 is 1. The van der Waals surface area contributed by atoms with Crippen LogP contribution in [0.15, 0.2) is 29.1 Å². The molecule has 0 radical (unpaired) electrons. The number of nitrogens with one attached hydrogen (secondary N) is 2. The van der Waals surface area contributed by atoms with E-state index >= 15 is 0 Å². The van der Waals surface area contributed by atoms with Crippen molar-refractivity contribution in [3.63, 3.8) is 0 Å². The lowest BCUT2D eigenvalue weighted by Gasteiger charge is -2.31. The lowest BCUT2D eigenvalue weighted by Crippen LogP contribution is -2.48. The van der Waals surface area contributed by atoms with Crippen molar-refractivity contribution in [3.8, 4) is 5.75 Å². The molecule has 1 aromatic carbocycles. The second kappa shape index (κ2) is 8.68. The van der Waals surface area contributed by atoms with Gasteiger partial charge in [-0.25, -0.2) is 9.78 Å². The lowest BCUT2D eigenvalue weighted by atomic mass is 9.96. The molecular formula is C22H28N4O3. The van der Waals surface area contributed by atoms with Gasteiger partial charge in [-0.3, -0.25) is 4.79 Å². The predicted octanol–water partition coefficient (Wildman–Crippen LogP) is 2.77. The zero-order valence-corrected chi connectivity index (χ0v) is 16.9. The van der Waals surface area contributed by atoms with Gasteiger partial charge in [0.15, 0.2) is 0 Å². The van der Waals surface area contributed by atoms with Crippen LogP contribution in [-0.4, -0.2) is 40.6 Å². The van der Waals surface area contributed by atoms with Crippen molar-refractivity contribution in [2.45, 2.75) is 57.5 Å². The van der Waals surface area contributed by atoms with Crippen molar-refractivity contribution in [3.05, 3.63) is 57.3 Å². The number of rotatable bonds is 4. The number of benzene rings is 1. The van der Waals surface area contributed by atoms with E-state index in [2.05, 4.69) is 15.3 Å². The summed E-state index contributed by atoms with van der Waals surface area (Å²) in [4.78, 5) is 34.6. The summed E-state index contributed by atoms with van der Waals surface area (Å²) in [6.07, 6.45) is 6.86. The van der Waals surface area contributed by atoms with Gasteiger partial charge in [-0.2, -0.15) is 0 Å². The quantitative estimate of drug-likeness (QED) is 0.832. The molecule has 2 aliphatic rings. The predicted molar refractivity (Wildman–Crippen MR) is 110 cm³/mol. The fourth-order valence-electron chi connectivity index (χ4n) is 4.18. The number of nitrogens with zero attached hydrogens (tertiary/aromatic N) is 2. The Balaban J connectivity index is 1.43. The molecule has 2 amide bonds. The molecule has 1 fully saturated rings. The van der Waals surface area contributed by atoms with Crippen LogP contribution in [0.3, 0.4) is 0 Å². The number of aromatic nitrogens is 2. The van der Waals surface area contributed by atoms with E-state index in [0.29, 0.717) is 37.3 Å². The monoisotopic (exact) mass is 396 g/mol. The second-order valence-corrected chi connectivity index (χ2v) is 7.92. The molecule has 1 aliphatic heterocycles. The van der Waals surface area contributed by atoms with Crippen molar-refractivity contribution in [1.82, 2.24) is 20.2 Å². The van der Waals surface area contributed by atoms with E-state index < -0.39 is 0 Å². The first-order chi connectivity index (χ1) is 14.1. The van der Waals surface area contributed by atoms with E-state index in [1.807, 2.05) is 24.3 Å². The van der Waals surface area contributed by atoms with Crippen LogP contribution < -0.4 is 15.6 Å². The molecule has 0 bridgehead atoms. The maximum atomic E-state index is 12.7. The zero-order valence-electron chi connectivity index (χ0n) is 16.9. The van der Waals surface area contributed by atoms with Crippen molar-refractivity contribution in [2.24, 2.45) is 0 Å². The molecule has 1 aliphatic carbocycles. The standard InChI is InChI=1S/C22H28N4O3/c1-29-17-9-7-15(8-10-17)13-20-24-19-11-12-26(14-18(19)21(27)25-20)22(28)23-16-5-3-2-4-6-16/h7-10,16H,2-6,11-14H2,1H3,(H,23,28)(H,24,25,27). The molecule has 1 aromatic heterocycles. The normalized spacial score (nSPS) is 16.9. The maximum Gasteiger partial charge on any atom is 0.317 e. The van der Waals surface area contributed by atoms with E-state index in [0.717, 1.165) is 29.8 Å². The van der Waals surface area contributed by atoms with Gasteiger partial charge in [0.2, 0.25) is 0 Å². The summed E-state index contributed by atoms with van der Waals surface area (Å²) in [5.74, 6) is 1.45. The van der Waals surface area contributed by atoms with E-state index in [4.69, 9.17) is 4.74 Å². The van der Waals surface area contributed by atoms with Crippen molar-refractivity contribution < 1.29 is 9.53 Å². The van der Waals surface area contributed by atoms with Gasteiger partial charge in [0.25, 0.3) is 5.56 Å². The minimum Gasteiger partial charge on any atom is -0.497 e. The first-order valence-electron chi connectivity index (χ1n) is 10.4. The van der Waals surface area contributed by atoms with Crippen molar-refractivity contribution in [2.75, 3.05) is 13.7 Å². The Morgan fingerprint density at radius 1 is 1.24 bits per heavy atom. The number of carbonyl (C=O) groups excluding carboxylic acids is 1. The Kier molecular flexibility index (Phi) is 5.83.